The molecule has 1 aromatic carbocycles. The van der Waals surface area contributed by atoms with Crippen molar-refractivity contribution in [2.24, 2.45) is 0 Å². The molecule has 0 radical (unpaired) electrons. The summed E-state index contributed by atoms with van der Waals surface area (Å²) in [6, 6.07) is 9.55. The van der Waals surface area contributed by atoms with E-state index in [2.05, 4.69) is 4.98 Å². The predicted octanol–water partition coefficient (Wildman–Crippen LogP) is 3.45. The van der Waals surface area contributed by atoms with Crippen molar-refractivity contribution in [1.29, 1.82) is 0 Å². The fourth-order valence-electron chi connectivity index (χ4n) is 2.76. The molecule has 0 spiro atoms. The molecule has 0 N–H and O–H groups in total. The van der Waals surface area contributed by atoms with Gasteiger partial charge in [-0.3, -0.25) is 14.2 Å². The van der Waals surface area contributed by atoms with Crippen molar-refractivity contribution in [3.8, 4) is 0 Å². The van der Waals surface area contributed by atoms with Gasteiger partial charge in [0.05, 0.1) is 16.6 Å². The summed E-state index contributed by atoms with van der Waals surface area (Å²) in [6.07, 6.45) is 1.55. The number of anilines is 1. The highest BCUT2D eigenvalue weighted by atomic mass is 32.1. The summed E-state index contributed by atoms with van der Waals surface area (Å²) in [6.45, 7) is 6.79. The number of para-hydroxylation sites is 1. The molecule has 2 heterocycles. The van der Waals surface area contributed by atoms with E-state index >= 15 is 0 Å². The van der Waals surface area contributed by atoms with Gasteiger partial charge in [-0.1, -0.05) is 18.2 Å². The summed E-state index contributed by atoms with van der Waals surface area (Å²) in [5.41, 5.74) is 1.48. The summed E-state index contributed by atoms with van der Waals surface area (Å²) < 4.78 is 1.56. The minimum absolute atomic E-state index is 0.0851. The highest BCUT2D eigenvalue weighted by Gasteiger charge is 2.23. The van der Waals surface area contributed by atoms with Crippen LogP contribution < -0.4 is 10.5 Å². The molecule has 0 saturated carbocycles. The summed E-state index contributed by atoms with van der Waals surface area (Å²) >= 11 is 1.29. The summed E-state index contributed by atoms with van der Waals surface area (Å²) in [4.78, 5) is 32.8. The molecule has 1 amide bonds. The van der Waals surface area contributed by atoms with Gasteiger partial charge in [0.15, 0.2) is 0 Å². The molecule has 0 aliphatic heterocycles. The molecule has 3 aromatic rings. The third-order valence-electron chi connectivity index (χ3n) is 4.08. The first-order valence-electron chi connectivity index (χ1n) is 7.93. The van der Waals surface area contributed by atoms with E-state index in [1.165, 1.54) is 11.3 Å². The van der Waals surface area contributed by atoms with Crippen LogP contribution >= 0.6 is 11.3 Å². The van der Waals surface area contributed by atoms with Crippen LogP contribution in [0.4, 0.5) is 5.69 Å². The Labute approximate surface area is 144 Å². The molecule has 0 aliphatic rings. The average Bonchev–Trinajstić information content (AvgIpc) is 2.94. The van der Waals surface area contributed by atoms with Gasteiger partial charge in [-0.05, 0) is 38.5 Å². The number of aromatic nitrogens is 2. The van der Waals surface area contributed by atoms with Gasteiger partial charge in [-0.2, -0.15) is 0 Å². The smallest absolute Gasteiger partial charge is 0.268 e. The molecule has 3 rings (SSSR count). The van der Waals surface area contributed by atoms with Gasteiger partial charge in [0.2, 0.25) is 0 Å². The number of nitrogens with zero attached hydrogens (tertiary/aromatic N) is 3. The minimum Gasteiger partial charge on any atom is -0.308 e. The number of fused-ring (bicyclic) bond motifs is 1. The molecule has 0 unspecified atom stereocenters. The van der Waals surface area contributed by atoms with Crippen LogP contribution in [0.2, 0.25) is 0 Å². The molecule has 2 aromatic heterocycles. The molecule has 5 nitrogen and oxygen atoms in total. The zero-order valence-corrected chi connectivity index (χ0v) is 14.8. The number of rotatable bonds is 4. The Morgan fingerprint density at radius 3 is 2.58 bits per heavy atom. The summed E-state index contributed by atoms with van der Waals surface area (Å²) in [5.74, 6) is -0.0911. The Morgan fingerprint density at radius 1 is 1.25 bits per heavy atom. The van der Waals surface area contributed by atoms with Gasteiger partial charge in [0.25, 0.3) is 11.5 Å². The molecule has 0 saturated heterocycles. The Hall–Kier alpha value is -2.47. The van der Waals surface area contributed by atoms with Crippen molar-refractivity contribution in [3.05, 3.63) is 57.5 Å². The number of hydrogen-bond donors (Lipinski definition) is 0. The van der Waals surface area contributed by atoms with Crippen molar-refractivity contribution in [1.82, 2.24) is 9.55 Å². The van der Waals surface area contributed by atoms with E-state index in [1.54, 1.807) is 15.8 Å². The van der Waals surface area contributed by atoms with Gasteiger partial charge in [0, 0.05) is 18.8 Å². The fourth-order valence-corrected chi connectivity index (χ4v) is 3.85. The third-order valence-corrected chi connectivity index (χ3v) is 5.27. The molecule has 0 bridgehead atoms. The second-order valence-electron chi connectivity index (χ2n) is 5.46. The van der Waals surface area contributed by atoms with E-state index in [4.69, 9.17) is 0 Å². The van der Waals surface area contributed by atoms with Crippen LogP contribution in [0.25, 0.3) is 10.2 Å². The Balaban J connectivity index is 2.12. The van der Waals surface area contributed by atoms with E-state index in [-0.39, 0.29) is 11.5 Å². The number of thiophene rings is 1. The fraction of sp³-hybridized carbons (Fsp3) is 0.278. The van der Waals surface area contributed by atoms with Gasteiger partial charge < -0.3 is 4.90 Å². The standard InChI is InChI=1S/C18H19N3O2S/c1-4-20-11-19-16-14(17(20)22)12(3)15(24-16)18(23)21(5-2)13-9-7-6-8-10-13/h6-11H,4-5H2,1-3H3. The van der Waals surface area contributed by atoms with Crippen LogP contribution in [0.3, 0.4) is 0 Å². The number of amides is 1. The largest absolute Gasteiger partial charge is 0.308 e. The van der Waals surface area contributed by atoms with Crippen LogP contribution in [0, 0.1) is 6.92 Å². The Bertz CT molecular complexity index is 944. The van der Waals surface area contributed by atoms with E-state index in [0.717, 1.165) is 11.3 Å². The minimum atomic E-state index is -0.0911. The topological polar surface area (TPSA) is 55.2 Å². The second kappa shape index (κ2) is 6.57. The van der Waals surface area contributed by atoms with Gasteiger partial charge in [-0.15, -0.1) is 11.3 Å². The van der Waals surface area contributed by atoms with Crippen LogP contribution in [-0.4, -0.2) is 22.0 Å². The van der Waals surface area contributed by atoms with Crippen LogP contribution in [0.15, 0.2) is 41.5 Å². The summed E-state index contributed by atoms with van der Waals surface area (Å²) in [5, 5.41) is 0.553. The van der Waals surface area contributed by atoms with Crippen molar-refractivity contribution in [2.45, 2.75) is 27.3 Å². The zero-order chi connectivity index (χ0) is 17.3. The number of carbonyl (C=O) groups excluding carboxylic acids is 1. The molecule has 6 heteroatoms. The molecule has 124 valence electrons. The lowest BCUT2D eigenvalue weighted by atomic mass is 10.2. The van der Waals surface area contributed by atoms with Crippen LogP contribution in [0.5, 0.6) is 0 Å². The van der Waals surface area contributed by atoms with Gasteiger partial charge in [-0.25, -0.2) is 4.98 Å². The van der Waals surface area contributed by atoms with Crippen LogP contribution in [-0.2, 0) is 6.54 Å². The van der Waals surface area contributed by atoms with Crippen molar-refractivity contribution in [3.63, 3.8) is 0 Å². The maximum atomic E-state index is 13.0. The number of hydrogen-bond acceptors (Lipinski definition) is 4. The Morgan fingerprint density at radius 2 is 1.96 bits per heavy atom. The zero-order valence-electron chi connectivity index (χ0n) is 13.9. The first kappa shape index (κ1) is 16.4. The lowest BCUT2D eigenvalue weighted by Gasteiger charge is -2.20. The molecule has 0 atom stereocenters. The maximum absolute atomic E-state index is 13.0. The monoisotopic (exact) mass is 341 g/mol. The normalized spacial score (nSPS) is 11.0. The number of benzene rings is 1. The Kier molecular flexibility index (Phi) is 4.49. The van der Waals surface area contributed by atoms with Crippen molar-refractivity contribution < 1.29 is 4.79 Å². The molecule has 24 heavy (non-hydrogen) atoms. The van der Waals surface area contributed by atoms with E-state index in [0.29, 0.717) is 28.2 Å². The quantitative estimate of drug-likeness (QED) is 0.730. The summed E-state index contributed by atoms with van der Waals surface area (Å²) in [7, 11) is 0. The lowest BCUT2D eigenvalue weighted by molar-refractivity contribution is 0.0991. The molecule has 0 fully saturated rings. The van der Waals surface area contributed by atoms with Crippen molar-refractivity contribution >= 4 is 33.1 Å². The SMILES string of the molecule is CCN(C(=O)c1sc2ncn(CC)c(=O)c2c1C)c1ccccc1. The highest BCUT2D eigenvalue weighted by Crippen LogP contribution is 2.29. The average molecular weight is 341 g/mol. The maximum Gasteiger partial charge on any atom is 0.268 e. The molecule has 0 aliphatic carbocycles. The first-order valence-corrected chi connectivity index (χ1v) is 8.75. The van der Waals surface area contributed by atoms with Crippen LogP contribution in [0.1, 0.15) is 29.1 Å². The highest BCUT2D eigenvalue weighted by molar-refractivity contribution is 7.20. The van der Waals surface area contributed by atoms with Gasteiger partial charge in [0.1, 0.15) is 4.83 Å². The van der Waals surface area contributed by atoms with E-state index < -0.39 is 0 Å². The lowest BCUT2D eigenvalue weighted by Crippen LogP contribution is -2.30. The van der Waals surface area contributed by atoms with E-state index in [1.807, 2.05) is 51.1 Å². The number of carbonyl (C=O) groups is 1. The van der Waals surface area contributed by atoms with E-state index in [9.17, 15) is 9.59 Å². The molecular weight excluding hydrogens is 322 g/mol. The second-order valence-corrected chi connectivity index (χ2v) is 6.46. The molecular formula is C18H19N3O2S. The van der Waals surface area contributed by atoms with Gasteiger partial charge >= 0.3 is 0 Å². The van der Waals surface area contributed by atoms with Crippen molar-refractivity contribution in [2.75, 3.05) is 11.4 Å². The number of aryl methyl sites for hydroxylation is 2. The predicted molar refractivity (Wildman–Crippen MR) is 98.1 cm³/mol. The first-order chi connectivity index (χ1) is 11.6. The third kappa shape index (κ3) is 2.63.